The largest absolute Gasteiger partial charge is 0.345 e. The number of benzene rings is 1. The highest BCUT2D eigenvalue weighted by Gasteiger charge is 2.10. The van der Waals surface area contributed by atoms with Gasteiger partial charge in [0.05, 0.1) is 0 Å². The standard InChI is InChI=1S/C11H12BrNO/c1-13(2)11(14)10-6-4-3-5-9(10)7-8-12/h3-8H,1-2H3/b8-7+. The van der Waals surface area contributed by atoms with Gasteiger partial charge in [-0.3, -0.25) is 4.79 Å². The van der Waals surface area contributed by atoms with Gasteiger partial charge in [0, 0.05) is 19.7 Å². The summed E-state index contributed by atoms with van der Waals surface area (Å²) in [6.07, 6.45) is 1.86. The predicted molar refractivity (Wildman–Crippen MR) is 62.4 cm³/mol. The maximum absolute atomic E-state index is 11.7. The smallest absolute Gasteiger partial charge is 0.253 e. The summed E-state index contributed by atoms with van der Waals surface area (Å²) in [6.45, 7) is 0. The molecule has 0 aliphatic heterocycles. The van der Waals surface area contributed by atoms with Gasteiger partial charge in [-0.05, 0) is 22.7 Å². The first-order valence-corrected chi connectivity index (χ1v) is 5.16. The summed E-state index contributed by atoms with van der Waals surface area (Å²) < 4.78 is 0. The van der Waals surface area contributed by atoms with Gasteiger partial charge < -0.3 is 4.90 Å². The second-order valence-electron chi connectivity index (χ2n) is 3.08. The molecule has 0 atom stereocenters. The van der Waals surface area contributed by atoms with Crippen LogP contribution in [0.2, 0.25) is 0 Å². The van der Waals surface area contributed by atoms with Gasteiger partial charge in [0.1, 0.15) is 0 Å². The zero-order valence-electron chi connectivity index (χ0n) is 8.20. The second kappa shape index (κ2) is 4.96. The van der Waals surface area contributed by atoms with Gasteiger partial charge in [-0.15, -0.1) is 0 Å². The zero-order valence-corrected chi connectivity index (χ0v) is 9.78. The van der Waals surface area contributed by atoms with Gasteiger partial charge in [-0.1, -0.05) is 34.1 Å². The first-order chi connectivity index (χ1) is 6.66. The van der Waals surface area contributed by atoms with Crippen LogP contribution >= 0.6 is 15.9 Å². The summed E-state index contributed by atoms with van der Waals surface area (Å²) >= 11 is 3.20. The minimum atomic E-state index is 0.0196. The maximum Gasteiger partial charge on any atom is 0.253 e. The van der Waals surface area contributed by atoms with Crippen LogP contribution in [0.3, 0.4) is 0 Å². The monoisotopic (exact) mass is 253 g/mol. The number of carbonyl (C=O) groups excluding carboxylic acids is 1. The van der Waals surface area contributed by atoms with Crippen molar-refractivity contribution in [3.8, 4) is 0 Å². The molecule has 0 saturated heterocycles. The molecule has 0 spiro atoms. The van der Waals surface area contributed by atoms with Crippen LogP contribution < -0.4 is 0 Å². The highest BCUT2D eigenvalue weighted by atomic mass is 79.9. The minimum absolute atomic E-state index is 0.0196. The molecule has 0 unspecified atom stereocenters. The molecule has 14 heavy (non-hydrogen) atoms. The number of carbonyl (C=O) groups is 1. The van der Waals surface area contributed by atoms with E-state index in [1.165, 1.54) is 0 Å². The van der Waals surface area contributed by atoms with Gasteiger partial charge in [-0.2, -0.15) is 0 Å². The molecule has 0 fully saturated rings. The van der Waals surface area contributed by atoms with Crippen LogP contribution in [0.5, 0.6) is 0 Å². The summed E-state index contributed by atoms with van der Waals surface area (Å²) in [7, 11) is 3.49. The molecular formula is C11H12BrNO. The van der Waals surface area contributed by atoms with Crippen molar-refractivity contribution in [1.82, 2.24) is 4.90 Å². The number of rotatable bonds is 2. The summed E-state index contributed by atoms with van der Waals surface area (Å²) in [5, 5.41) is 0. The maximum atomic E-state index is 11.7. The number of halogens is 1. The summed E-state index contributed by atoms with van der Waals surface area (Å²) in [5.41, 5.74) is 1.64. The fraction of sp³-hybridized carbons (Fsp3) is 0.182. The Bertz CT molecular complexity index is 358. The van der Waals surface area contributed by atoms with Gasteiger partial charge >= 0.3 is 0 Å². The summed E-state index contributed by atoms with van der Waals surface area (Å²) in [5.74, 6) is 0.0196. The van der Waals surface area contributed by atoms with Crippen LogP contribution in [0.4, 0.5) is 0 Å². The van der Waals surface area contributed by atoms with Gasteiger partial charge in [0.25, 0.3) is 5.91 Å². The van der Waals surface area contributed by atoms with Gasteiger partial charge in [-0.25, -0.2) is 0 Å². The zero-order chi connectivity index (χ0) is 10.6. The topological polar surface area (TPSA) is 20.3 Å². The minimum Gasteiger partial charge on any atom is -0.345 e. The van der Waals surface area contributed by atoms with Crippen LogP contribution in [0.25, 0.3) is 6.08 Å². The second-order valence-corrected chi connectivity index (χ2v) is 3.61. The third-order valence-electron chi connectivity index (χ3n) is 1.84. The molecule has 0 heterocycles. The molecule has 0 saturated carbocycles. The molecule has 1 amide bonds. The Labute approximate surface area is 92.4 Å². The van der Waals surface area contributed by atoms with Crippen molar-refractivity contribution in [3.63, 3.8) is 0 Å². The quantitative estimate of drug-likeness (QED) is 0.794. The molecule has 0 radical (unpaired) electrons. The Hall–Kier alpha value is -1.09. The van der Waals surface area contributed by atoms with Crippen molar-refractivity contribution >= 4 is 27.9 Å². The fourth-order valence-corrected chi connectivity index (χ4v) is 1.43. The number of amides is 1. The summed E-state index contributed by atoms with van der Waals surface area (Å²) in [6, 6.07) is 7.51. The van der Waals surface area contributed by atoms with Crippen molar-refractivity contribution in [1.29, 1.82) is 0 Å². The normalized spacial score (nSPS) is 10.5. The van der Waals surface area contributed by atoms with E-state index in [0.29, 0.717) is 5.56 Å². The first kappa shape index (κ1) is 11.0. The molecule has 1 rings (SSSR count). The van der Waals surface area contributed by atoms with Crippen LogP contribution in [-0.4, -0.2) is 24.9 Å². The lowest BCUT2D eigenvalue weighted by molar-refractivity contribution is 0.0827. The van der Waals surface area contributed by atoms with E-state index in [1.54, 1.807) is 24.0 Å². The third-order valence-corrected chi connectivity index (χ3v) is 2.10. The summed E-state index contributed by atoms with van der Waals surface area (Å²) in [4.78, 5) is 15.0. The fourth-order valence-electron chi connectivity index (χ4n) is 1.15. The molecular weight excluding hydrogens is 242 g/mol. The van der Waals surface area contributed by atoms with E-state index in [2.05, 4.69) is 15.9 Å². The highest BCUT2D eigenvalue weighted by molar-refractivity contribution is 9.11. The lowest BCUT2D eigenvalue weighted by atomic mass is 10.1. The average molecular weight is 254 g/mol. The van der Waals surface area contributed by atoms with Crippen molar-refractivity contribution < 1.29 is 4.79 Å². The Morgan fingerprint density at radius 1 is 1.36 bits per heavy atom. The molecule has 1 aromatic carbocycles. The van der Waals surface area contributed by atoms with Gasteiger partial charge in [0.15, 0.2) is 0 Å². The predicted octanol–water partition coefficient (Wildman–Crippen LogP) is 2.75. The Kier molecular flexibility index (Phi) is 3.89. The van der Waals surface area contributed by atoms with Crippen LogP contribution in [-0.2, 0) is 0 Å². The van der Waals surface area contributed by atoms with Crippen molar-refractivity contribution in [2.75, 3.05) is 14.1 Å². The number of nitrogens with zero attached hydrogens (tertiary/aromatic N) is 1. The molecule has 0 aromatic heterocycles. The average Bonchev–Trinajstić information content (AvgIpc) is 2.18. The number of hydrogen-bond donors (Lipinski definition) is 0. The van der Waals surface area contributed by atoms with E-state index < -0.39 is 0 Å². The van der Waals surface area contributed by atoms with E-state index in [9.17, 15) is 4.79 Å². The molecule has 0 aliphatic carbocycles. The third kappa shape index (κ3) is 2.45. The van der Waals surface area contributed by atoms with Crippen molar-refractivity contribution in [2.24, 2.45) is 0 Å². The van der Waals surface area contributed by atoms with Crippen LogP contribution in [0, 0.1) is 0 Å². The lowest BCUT2D eigenvalue weighted by Crippen LogP contribution is -2.22. The Morgan fingerprint density at radius 3 is 2.57 bits per heavy atom. The highest BCUT2D eigenvalue weighted by Crippen LogP contribution is 2.13. The van der Waals surface area contributed by atoms with E-state index in [0.717, 1.165) is 5.56 Å². The van der Waals surface area contributed by atoms with Gasteiger partial charge in [0.2, 0.25) is 0 Å². The molecule has 0 N–H and O–H groups in total. The molecule has 2 nitrogen and oxygen atoms in total. The van der Waals surface area contributed by atoms with E-state index >= 15 is 0 Å². The van der Waals surface area contributed by atoms with E-state index in [4.69, 9.17) is 0 Å². The SMILES string of the molecule is CN(C)C(=O)c1ccccc1/C=C/Br. The molecule has 3 heteroatoms. The van der Waals surface area contributed by atoms with Crippen LogP contribution in [0.15, 0.2) is 29.3 Å². The molecule has 0 aliphatic rings. The van der Waals surface area contributed by atoms with Crippen molar-refractivity contribution in [3.05, 3.63) is 40.4 Å². The first-order valence-electron chi connectivity index (χ1n) is 4.24. The Balaban J connectivity index is 3.13. The van der Waals surface area contributed by atoms with Crippen LogP contribution in [0.1, 0.15) is 15.9 Å². The number of hydrogen-bond acceptors (Lipinski definition) is 1. The molecule has 74 valence electrons. The van der Waals surface area contributed by atoms with E-state index in [-0.39, 0.29) is 5.91 Å². The van der Waals surface area contributed by atoms with E-state index in [1.807, 2.05) is 30.3 Å². The Morgan fingerprint density at radius 2 is 2.00 bits per heavy atom. The lowest BCUT2D eigenvalue weighted by Gasteiger charge is -2.11. The van der Waals surface area contributed by atoms with Crippen molar-refractivity contribution in [2.45, 2.75) is 0 Å². The molecule has 0 bridgehead atoms. The molecule has 1 aromatic rings.